The fraction of sp³-hybridized carbons (Fsp3) is 0.333. The van der Waals surface area contributed by atoms with Gasteiger partial charge >= 0.3 is 6.18 Å². The summed E-state index contributed by atoms with van der Waals surface area (Å²) in [6.07, 6.45) is -4.35. The minimum absolute atomic E-state index is 0.168. The predicted molar refractivity (Wildman–Crippen MR) is 45.8 cm³/mol. The van der Waals surface area contributed by atoms with Crippen molar-refractivity contribution in [2.45, 2.75) is 6.18 Å². The molecule has 0 saturated carbocycles. The van der Waals surface area contributed by atoms with Crippen LogP contribution in [0, 0.1) is 0 Å². The molecule has 0 saturated heterocycles. The molecule has 3 nitrogen and oxygen atoms in total. The Morgan fingerprint density at radius 3 is 2.53 bits per heavy atom. The second kappa shape index (κ2) is 4.99. The van der Waals surface area contributed by atoms with Gasteiger partial charge in [-0.15, -0.1) is 0 Å². The van der Waals surface area contributed by atoms with E-state index in [0.717, 1.165) is 12.1 Å². The molecular formula is C9H11F3NO2+. The van der Waals surface area contributed by atoms with Crippen LogP contribution in [0.15, 0.2) is 24.3 Å². The monoisotopic (exact) mass is 222 g/mol. The summed E-state index contributed by atoms with van der Waals surface area (Å²) in [4.78, 5) is 4.46. The molecule has 0 aromatic heterocycles. The molecule has 0 amide bonds. The maximum absolute atomic E-state index is 12.3. The highest BCUT2D eigenvalue weighted by Gasteiger charge is 2.30. The standard InChI is InChI=1S/C9H11F3NO2/c10-9(11,12)7-2-1-3-8(6-7)14-4-5-15-13/h1-3,6H,4-5H2,13H3/q+1. The first-order valence-corrected chi connectivity index (χ1v) is 4.21. The lowest BCUT2D eigenvalue weighted by Crippen LogP contribution is -2.49. The van der Waals surface area contributed by atoms with Gasteiger partial charge in [-0.1, -0.05) is 6.07 Å². The van der Waals surface area contributed by atoms with E-state index in [4.69, 9.17) is 4.74 Å². The van der Waals surface area contributed by atoms with Gasteiger partial charge in [0.2, 0.25) is 0 Å². The Morgan fingerprint density at radius 2 is 1.93 bits per heavy atom. The van der Waals surface area contributed by atoms with Crippen molar-refractivity contribution in [2.24, 2.45) is 0 Å². The maximum atomic E-state index is 12.3. The van der Waals surface area contributed by atoms with Crippen LogP contribution in [0.1, 0.15) is 5.56 Å². The van der Waals surface area contributed by atoms with Crippen LogP contribution in [0.25, 0.3) is 0 Å². The molecule has 0 spiro atoms. The number of quaternary nitrogens is 1. The lowest BCUT2D eigenvalue weighted by atomic mass is 10.2. The predicted octanol–water partition coefficient (Wildman–Crippen LogP) is 1.26. The van der Waals surface area contributed by atoms with Gasteiger partial charge in [-0.2, -0.15) is 13.2 Å². The maximum Gasteiger partial charge on any atom is 0.416 e. The molecule has 0 bridgehead atoms. The molecule has 1 aromatic carbocycles. The minimum Gasteiger partial charge on any atom is -0.491 e. The normalized spacial score (nSPS) is 11.5. The van der Waals surface area contributed by atoms with Crippen molar-refractivity contribution in [2.75, 3.05) is 13.2 Å². The largest absolute Gasteiger partial charge is 0.491 e. The van der Waals surface area contributed by atoms with Crippen molar-refractivity contribution in [1.82, 2.24) is 0 Å². The quantitative estimate of drug-likeness (QED) is 0.615. The number of hydrogen-bond acceptors (Lipinski definition) is 2. The van der Waals surface area contributed by atoms with Crippen molar-refractivity contribution in [1.29, 1.82) is 0 Å². The van der Waals surface area contributed by atoms with Crippen LogP contribution in [-0.4, -0.2) is 13.2 Å². The van der Waals surface area contributed by atoms with Gasteiger partial charge in [0, 0.05) is 0 Å². The molecule has 6 heteroatoms. The van der Waals surface area contributed by atoms with E-state index in [9.17, 15) is 13.2 Å². The van der Waals surface area contributed by atoms with Crippen molar-refractivity contribution < 1.29 is 28.6 Å². The number of hydrogen-bond donors (Lipinski definition) is 1. The average Bonchev–Trinajstić information content (AvgIpc) is 2.17. The van der Waals surface area contributed by atoms with Gasteiger partial charge < -0.3 is 4.74 Å². The van der Waals surface area contributed by atoms with Crippen LogP contribution in [0.4, 0.5) is 13.2 Å². The zero-order chi connectivity index (χ0) is 11.3. The van der Waals surface area contributed by atoms with Gasteiger partial charge in [-0.25, -0.2) is 10.7 Å². The first kappa shape index (κ1) is 11.8. The molecule has 0 fully saturated rings. The molecule has 0 aliphatic heterocycles. The number of halogens is 3. The Kier molecular flexibility index (Phi) is 3.93. The second-order valence-corrected chi connectivity index (χ2v) is 2.78. The lowest BCUT2D eigenvalue weighted by Gasteiger charge is -2.09. The summed E-state index contributed by atoms with van der Waals surface area (Å²) in [5, 5.41) is 0. The van der Waals surface area contributed by atoms with Crippen LogP contribution in [-0.2, 0) is 11.0 Å². The summed E-state index contributed by atoms with van der Waals surface area (Å²) < 4.78 is 41.8. The first-order chi connectivity index (χ1) is 7.04. The van der Waals surface area contributed by atoms with E-state index in [1.807, 2.05) is 0 Å². The van der Waals surface area contributed by atoms with Crippen LogP contribution >= 0.6 is 0 Å². The Balaban J connectivity index is 2.66. The Morgan fingerprint density at radius 1 is 1.20 bits per heavy atom. The summed E-state index contributed by atoms with van der Waals surface area (Å²) in [7, 11) is 0. The molecule has 0 aliphatic carbocycles. The molecule has 0 atom stereocenters. The summed E-state index contributed by atoms with van der Waals surface area (Å²) in [6, 6.07) is 4.69. The van der Waals surface area contributed by atoms with E-state index in [2.05, 4.69) is 10.7 Å². The number of alkyl halides is 3. The molecule has 3 N–H and O–H groups in total. The van der Waals surface area contributed by atoms with Crippen molar-refractivity contribution >= 4 is 0 Å². The number of ether oxygens (including phenoxy) is 1. The van der Waals surface area contributed by atoms with Gasteiger partial charge in [0.25, 0.3) is 0 Å². The minimum atomic E-state index is -4.35. The molecule has 1 rings (SSSR count). The average molecular weight is 222 g/mol. The van der Waals surface area contributed by atoms with Crippen LogP contribution < -0.4 is 10.6 Å². The highest BCUT2D eigenvalue weighted by molar-refractivity contribution is 5.30. The van der Waals surface area contributed by atoms with E-state index in [1.54, 1.807) is 0 Å². The van der Waals surface area contributed by atoms with E-state index >= 15 is 0 Å². The van der Waals surface area contributed by atoms with E-state index in [-0.39, 0.29) is 19.0 Å². The molecule has 15 heavy (non-hydrogen) atoms. The summed E-state index contributed by atoms with van der Waals surface area (Å²) >= 11 is 0. The van der Waals surface area contributed by atoms with E-state index < -0.39 is 11.7 Å². The van der Waals surface area contributed by atoms with Crippen LogP contribution in [0.2, 0.25) is 0 Å². The molecule has 0 radical (unpaired) electrons. The first-order valence-electron chi connectivity index (χ1n) is 4.21. The number of benzene rings is 1. The fourth-order valence-corrected chi connectivity index (χ4v) is 0.981. The highest BCUT2D eigenvalue weighted by atomic mass is 19.4. The summed E-state index contributed by atoms with van der Waals surface area (Å²) in [5.74, 6) is 3.28. The molecule has 0 heterocycles. The van der Waals surface area contributed by atoms with Crippen molar-refractivity contribution in [3.63, 3.8) is 0 Å². The van der Waals surface area contributed by atoms with Crippen molar-refractivity contribution in [3.8, 4) is 5.75 Å². The Bertz CT molecular complexity index is 314. The van der Waals surface area contributed by atoms with Gasteiger partial charge in [-0.3, -0.25) is 0 Å². The summed E-state index contributed by atoms with van der Waals surface area (Å²) in [6.45, 7) is 0.404. The molecule has 1 aromatic rings. The molecule has 84 valence electrons. The molecule has 0 aliphatic rings. The van der Waals surface area contributed by atoms with Crippen LogP contribution in [0.5, 0.6) is 5.75 Å². The van der Waals surface area contributed by atoms with Gasteiger partial charge in [0.1, 0.15) is 19.0 Å². The third-order valence-electron chi connectivity index (χ3n) is 1.66. The second-order valence-electron chi connectivity index (χ2n) is 2.78. The SMILES string of the molecule is [NH3+]OCCOc1cccc(C(F)(F)F)c1. The topological polar surface area (TPSA) is 46.1 Å². The zero-order valence-electron chi connectivity index (χ0n) is 7.88. The van der Waals surface area contributed by atoms with Gasteiger partial charge in [0.05, 0.1) is 5.56 Å². The molecule has 0 unspecified atom stereocenters. The summed E-state index contributed by atoms with van der Waals surface area (Å²) in [5.41, 5.74) is -0.726. The Labute approximate surface area is 84.5 Å². The Hall–Kier alpha value is -1.27. The van der Waals surface area contributed by atoms with Gasteiger partial charge in [0.15, 0.2) is 0 Å². The smallest absolute Gasteiger partial charge is 0.416 e. The molecular weight excluding hydrogens is 211 g/mol. The van der Waals surface area contributed by atoms with E-state index in [1.165, 1.54) is 12.1 Å². The zero-order valence-corrected chi connectivity index (χ0v) is 7.88. The lowest BCUT2D eigenvalue weighted by molar-refractivity contribution is -0.689. The van der Waals surface area contributed by atoms with Crippen molar-refractivity contribution in [3.05, 3.63) is 29.8 Å². The van der Waals surface area contributed by atoms with E-state index in [0.29, 0.717) is 0 Å². The third-order valence-corrected chi connectivity index (χ3v) is 1.66. The fourth-order valence-electron chi connectivity index (χ4n) is 0.981. The van der Waals surface area contributed by atoms with Crippen LogP contribution in [0.3, 0.4) is 0 Å². The number of rotatable bonds is 4. The third kappa shape index (κ3) is 3.77. The highest BCUT2D eigenvalue weighted by Crippen LogP contribution is 2.31. The van der Waals surface area contributed by atoms with Gasteiger partial charge in [-0.05, 0) is 18.2 Å².